The van der Waals surface area contributed by atoms with E-state index in [-0.39, 0.29) is 11.0 Å². The Morgan fingerprint density at radius 2 is 1.55 bits per heavy atom. The standard InChI is InChI=1S/C38H35NO/c1-25-24-39-35(23-34(25)29-14-12-27(13-15-29)28-18-20-38(2,3)21-19-28)33-11-7-10-32-31-17-16-30(22-36(31)40-37(32)33)26-8-5-4-6-9-26/h4-17,22-24,28H,18-21H2,1-3H3/i1D3,28D. The molecule has 40 heavy (non-hydrogen) atoms. The number of rotatable bonds is 4. The highest BCUT2D eigenvalue weighted by Gasteiger charge is 2.27. The average molecular weight is 526 g/mol. The number of fused-ring (bicyclic) bond motifs is 3. The molecule has 1 fully saturated rings. The first-order valence-electron chi connectivity index (χ1n) is 16.1. The molecule has 0 aliphatic heterocycles. The van der Waals surface area contributed by atoms with Crippen LogP contribution in [0.25, 0.3) is 55.4 Å². The second-order valence-electron chi connectivity index (χ2n) is 11.8. The van der Waals surface area contributed by atoms with Crippen molar-refractivity contribution in [2.24, 2.45) is 5.41 Å². The van der Waals surface area contributed by atoms with Crippen molar-refractivity contribution in [2.45, 2.75) is 52.3 Å². The summed E-state index contributed by atoms with van der Waals surface area (Å²) >= 11 is 0. The number of benzene rings is 4. The van der Waals surface area contributed by atoms with E-state index in [1.165, 1.54) is 6.20 Å². The third-order valence-electron chi connectivity index (χ3n) is 8.60. The Labute approximate surface area is 242 Å². The zero-order chi connectivity index (χ0) is 30.7. The molecule has 7 rings (SSSR count). The molecule has 1 saturated carbocycles. The summed E-state index contributed by atoms with van der Waals surface area (Å²) in [4.78, 5) is 4.65. The molecule has 4 aromatic carbocycles. The molecule has 6 aromatic rings. The van der Waals surface area contributed by atoms with Crippen molar-refractivity contribution < 1.29 is 9.90 Å². The molecule has 0 N–H and O–H groups in total. The highest BCUT2D eigenvalue weighted by molar-refractivity contribution is 6.10. The summed E-state index contributed by atoms with van der Waals surface area (Å²) in [7, 11) is 0. The van der Waals surface area contributed by atoms with Gasteiger partial charge in [0.15, 0.2) is 0 Å². The van der Waals surface area contributed by atoms with E-state index in [4.69, 9.17) is 8.53 Å². The molecule has 0 bridgehead atoms. The van der Waals surface area contributed by atoms with Crippen LogP contribution in [0.3, 0.4) is 0 Å². The molecular weight excluding hydrogens is 486 g/mol. The van der Waals surface area contributed by atoms with Gasteiger partial charge >= 0.3 is 0 Å². The van der Waals surface area contributed by atoms with Crippen molar-refractivity contribution in [2.75, 3.05) is 0 Å². The van der Waals surface area contributed by atoms with Crippen LogP contribution in [0.1, 0.15) is 62.0 Å². The van der Waals surface area contributed by atoms with Crippen LogP contribution in [-0.2, 0) is 0 Å². The lowest BCUT2D eigenvalue weighted by atomic mass is 9.71. The largest absolute Gasteiger partial charge is 0.455 e. The van der Waals surface area contributed by atoms with Gasteiger partial charge in [0.1, 0.15) is 11.2 Å². The van der Waals surface area contributed by atoms with Crippen LogP contribution in [0.2, 0.25) is 0 Å². The van der Waals surface area contributed by atoms with E-state index in [9.17, 15) is 1.37 Å². The lowest BCUT2D eigenvalue weighted by molar-refractivity contribution is 0.224. The first-order chi connectivity index (χ1) is 21.0. The van der Waals surface area contributed by atoms with E-state index in [2.05, 4.69) is 49.2 Å². The van der Waals surface area contributed by atoms with E-state index in [1.54, 1.807) is 0 Å². The first kappa shape index (κ1) is 20.7. The summed E-state index contributed by atoms with van der Waals surface area (Å²) in [5.74, 6) is -0.609. The molecule has 1 aliphatic carbocycles. The Hall–Kier alpha value is -4.17. The molecule has 1 aliphatic rings. The molecule has 0 amide bonds. The van der Waals surface area contributed by atoms with E-state index in [1.807, 2.05) is 66.7 Å². The van der Waals surface area contributed by atoms with Crippen molar-refractivity contribution in [1.82, 2.24) is 4.98 Å². The third kappa shape index (κ3) is 4.52. The normalized spacial score (nSPS) is 18.1. The van der Waals surface area contributed by atoms with Crippen LogP contribution >= 0.6 is 0 Å². The van der Waals surface area contributed by atoms with Crippen molar-refractivity contribution >= 4 is 21.9 Å². The molecule has 0 radical (unpaired) electrons. The van der Waals surface area contributed by atoms with Gasteiger partial charge in [0.05, 0.1) is 5.69 Å². The van der Waals surface area contributed by atoms with Gasteiger partial charge in [0.25, 0.3) is 0 Å². The SMILES string of the molecule is [2H]C([2H])([2H])c1cnc(-c2cccc3c2oc2cc(-c4ccccc4)ccc23)cc1-c1ccc(C2([2H])CCC(C)(C)CC2)cc1. The smallest absolute Gasteiger partial charge is 0.144 e. The van der Waals surface area contributed by atoms with E-state index >= 15 is 0 Å². The lowest BCUT2D eigenvalue weighted by Gasteiger charge is -2.34. The molecule has 2 heteroatoms. The second-order valence-corrected chi connectivity index (χ2v) is 11.8. The zero-order valence-electron chi connectivity index (χ0n) is 27.0. The highest BCUT2D eigenvalue weighted by Crippen LogP contribution is 2.43. The predicted octanol–water partition coefficient (Wildman–Crippen LogP) is 11.0. The molecule has 0 spiro atoms. The van der Waals surface area contributed by atoms with E-state index in [0.29, 0.717) is 11.3 Å². The number of aryl methyl sites for hydroxylation is 1. The van der Waals surface area contributed by atoms with E-state index in [0.717, 1.165) is 75.4 Å². The van der Waals surface area contributed by atoms with Gasteiger partial charge in [-0.3, -0.25) is 4.98 Å². The Balaban J connectivity index is 1.30. The maximum atomic E-state index is 9.18. The minimum atomic E-state index is -2.33. The lowest BCUT2D eigenvalue weighted by Crippen LogP contribution is -2.20. The highest BCUT2D eigenvalue weighted by atomic mass is 16.3. The van der Waals surface area contributed by atoms with Gasteiger partial charge in [-0.2, -0.15) is 0 Å². The predicted molar refractivity (Wildman–Crippen MR) is 168 cm³/mol. The second kappa shape index (κ2) is 9.78. The van der Waals surface area contributed by atoms with Crippen LogP contribution in [0.15, 0.2) is 108 Å². The van der Waals surface area contributed by atoms with E-state index < -0.39 is 12.7 Å². The van der Waals surface area contributed by atoms with Crippen molar-refractivity contribution in [1.29, 1.82) is 0 Å². The van der Waals surface area contributed by atoms with Crippen molar-refractivity contribution in [3.05, 3.63) is 114 Å². The molecule has 2 nitrogen and oxygen atoms in total. The molecule has 0 atom stereocenters. The van der Waals surface area contributed by atoms with Gasteiger partial charge in [-0.15, -0.1) is 0 Å². The summed E-state index contributed by atoms with van der Waals surface area (Å²) in [5, 5.41) is 2.01. The number of aromatic nitrogens is 1. The fourth-order valence-corrected chi connectivity index (χ4v) is 6.05. The van der Waals surface area contributed by atoms with Crippen LogP contribution in [0.4, 0.5) is 0 Å². The third-order valence-corrected chi connectivity index (χ3v) is 8.60. The summed E-state index contributed by atoms with van der Waals surface area (Å²) in [6, 6.07) is 32.3. The van der Waals surface area contributed by atoms with Gasteiger partial charge in [0.2, 0.25) is 0 Å². The minimum absolute atomic E-state index is 0.207. The zero-order valence-corrected chi connectivity index (χ0v) is 23.0. The summed E-state index contributed by atoms with van der Waals surface area (Å²) in [6.45, 7) is 2.23. The maximum absolute atomic E-state index is 9.18. The summed E-state index contributed by atoms with van der Waals surface area (Å²) in [5.41, 5.74) is 8.06. The molecule has 2 heterocycles. The monoisotopic (exact) mass is 525 g/mol. The van der Waals surface area contributed by atoms with Gasteiger partial charge in [0, 0.05) is 28.0 Å². The van der Waals surface area contributed by atoms with Crippen LogP contribution in [0, 0.1) is 12.3 Å². The number of pyridine rings is 1. The Morgan fingerprint density at radius 1 is 0.775 bits per heavy atom. The molecule has 198 valence electrons. The Morgan fingerprint density at radius 3 is 2.33 bits per heavy atom. The number of hydrogen-bond acceptors (Lipinski definition) is 2. The Kier molecular flexibility index (Phi) is 5.06. The van der Waals surface area contributed by atoms with Crippen LogP contribution in [-0.4, -0.2) is 4.98 Å². The van der Waals surface area contributed by atoms with Crippen LogP contribution in [0.5, 0.6) is 0 Å². The number of furan rings is 1. The molecular formula is C38H35NO. The molecule has 0 unspecified atom stereocenters. The quantitative estimate of drug-likeness (QED) is 0.229. The number of hydrogen-bond donors (Lipinski definition) is 0. The fraction of sp³-hybridized carbons (Fsp3) is 0.237. The Bertz CT molecular complexity index is 1980. The summed E-state index contributed by atoms with van der Waals surface area (Å²) in [6.07, 6.45) is 5.18. The minimum Gasteiger partial charge on any atom is -0.455 e. The topological polar surface area (TPSA) is 26.0 Å². The van der Waals surface area contributed by atoms with Crippen molar-refractivity contribution in [3.8, 4) is 33.5 Å². The molecule has 0 saturated heterocycles. The summed E-state index contributed by atoms with van der Waals surface area (Å²) < 4.78 is 40.4. The molecule has 2 aromatic heterocycles. The average Bonchev–Trinajstić information content (AvgIpc) is 3.41. The van der Waals surface area contributed by atoms with Gasteiger partial charge < -0.3 is 4.42 Å². The maximum Gasteiger partial charge on any atom is 0.144 e. The van der Waals surface area contributed by atoms with Gasteiger partial charge in [-0.25, -0.2) is 0 Å². The van der Waals surface area contributed by atoms with Gasteiger partial charge in [-0.1, -0.05) is 86.6 Å². The fourth-order valence-electron chi connectivity index (χ4n) is 6.05. The number of nitrogens with zero attached hydrogens (tertiary/aromatic N) is 1. The van der Waals surface area contributed by atoms with Crippen LogP contribution < -0.4 is 0 Å². The van der Waals surface area contributed by atoms with Crippen molar-refractivity contribution in [3.63, 3.8) is 0 Å². The van der Waals surface area contributed by atoms with Gasteiger partial charge in [-0.05, 0) is 101 Å². The first-order valence-corrected chi connectivity index (χ1v) is 14.1. The number of para-hydroxylation sites is 1.